The van der Waals surface area contributed by atoms with E-state index in [9.17, 15) is 13.2 Å². The van der Waals surface area contributed by atoms with Crippen molar-refractivity contribution in [3.05, 3.63) is 65.2 Å². The van der Waals surface area contributed by atoms with Crippen LogP contribution in [0.4, 0.5) is 0 Å². The lowest BCUT2D eigenvalue weighted by Gasteiger charge is -2.18. The van der Waals surface area contributed by atoms with Crippen LogP contribution in [0.5, 0.6) is 0 Å². The van der Waals surface area contributed by atoms with E-state index in [0.29, 0.717) is 38.0 Å². The first-order chi connectivity index (χ1) is 14.9. The molecule has 2 rings (SSSR count). The van der Waals surface area contributed by atoms with Gasteiger partial charge in [-0.05, 0) is 35.7 Å². The molecule has 0 heterocycles. The predicted octanol–water partition coefficient (Wildman–Crippen LogP) is 3.57. The normalized spacial score (nSPS) is 11.3. The Bertz CT molecular complexity index is 995. The fourth-order valence-corrected chi connectivity index (χ4v) is 5.41. The van der Waals surface area contributed by atoms with Gasteiger partial charge in [0.05, 0.1) is 16.5 Å². The topological polar surface area (TPSA) is 90.3 Å². The number of thioether (sulfide) groups is 1. The Morgan fingerprint density at radius 3 is 2.42 bits per heavy atom. The van der Waals surface area contributed by atoms with E-state index in [1.54, 1.807) is 36.0 Å². The summed E-state index contributed by atoms with van der Waals surface area (Å²) in [4.78, 5) is 12.4. The van der Waals surface area contributed by atoms with Crippen molar-refractivity contribution in [2.75, 3.05) is 25.4 Å². The number of aryl methyl sites for hydroxylation is 1. The van der Waals surface area contributed by atoms with Crippen molar-refractivity contribution in [3.8, 4) is 6.07 Å². The Labute approximate surface area is 189 Å². The molecular formula is C23H29N3O3S2. The summed E-state index contributed by atoms with van der Waals surface area (Å²) in [6, 6.07) is 16.5. The molecule has 8 heteroatoms. The quantitative estimate of drug-likeness (QED) is 0.490. The Morgan fingerprint density at radius 1 is 1.10 bits per heavy atom. The fraction of sp³-hybridized carbons (Fsp3) is 0.391. The predicted molar refractivity (Wildman–Crippen MR) is 125 cm³/mol. The molecule has 0 aliphatic rings. The lowest BCUT2D eigenvalue weighted by Crippen LogP contribution is -2.30. The van der Waals surface area contributed by atoms with Crippen LogP contribution in [0.15, 0.2) is 53.4 Å². The molecule has 0 saturated carbocycles. The molecular weight excluding hydrogens is 430 g/mol. The average Bonchev–Trinajstić information content (AvgIpc) is 2.78. The van der Waals surface area contributed by atoms with Crippen LogP contribution in [0, 0.1) is 11.3 Å². The Kier molecular flexibility index (Phi) is 10.0. The number of nitriles is 1. The van der Waals surface area contributed by atoms with Crippen LogP contribution in [0.3, 0.4) is 0 Å². The maximum absolute atomic E-state index is 12.5. The third-order valence-corrected chi connectivity index (χ3v) is 7.94. The van der Waals surface area contributed by atoms with E-state index in [2.05, 4.69) is 11.4 Å². The van der Waals surface area contributed by atoms with E-state index in [1.807, 2.05) is 38.1 Å². The second kappa shape index (κ2) is 12.5. The summed E-state index contributed by atoms with van der Waals surface area (Å²) in [7, 11) is -3.46. The summed E-state index contributed by atoms with van der Waals surface area (Å²) >= 11 is 1.68. The summed E-state index contributed by atoms with van der Waals surface area (Å²) < 4.78 is 26.5. The van der Waals surface area contributed by atoms with Crippen LogP contribution in [0.1, 0.15) is 37.0 Å². The van der Waals surface area contributed by atoms with Crippen molar-refractivity contribution in [3.63, 3.8) is 0 Å². The minimum atomic E-state index is -3.46. The molecule has 0 aliphatic heterocycles. The van der Waals surface area contributed by atoms with Gasteiger partial charge in [-0.2, -0.15) is 21.3 Å². The van der Waals surface area contributed by atoms with Gasteiger partial charge in [0, 0.05) is 37.6 Å². The zero-order valence-corrected chi connectivity index (χ0v) is 19.6. The SMILES string of the molecule is CCN(CC)S(=O)(=O)c1ccc(CCC(=O)NCCSCc2ccccc2C#N)cc1. The Hall–Kier alpha value is -2.34. The third kappa shape index (κ3) is 7.39. The minimum Gasteiger partial charge on any atom is -0.355 e. The third-order valence-electron chi connectivity index (χ3n) is 4.87. The van der Waals surface area contributed by atoms with Crippen molar-refractivity contribution in [1.29, 1.82) is 5.26 Å². The number of benzene rings is 2. The Morgan fingerprint density at radius 2 is 1.77 bits per heavy atom. The van der Waals surface area contributed by atoms with Crippen LogP contribution in [-0.2, 0) is 27.0 Å². The van der Waals surface area contributed by atoms with E-state index >= 15 is 0 Å². The zero-order valence-electron chi connectivity index (χ0n) is 18.0. The summed E-state index contributed by atoms with van der Waals surface area (Å²) in [5.74, 6) is 1.48. The van der Waals surface area contributed by atoms with E-state index < -0.39 is 10.0 Å². The molecule has 31 heavy (non-hydrogen) atoms. The van der Waals surface area contributed by atoms with Crippen molar-refractivity contribution in [2.24, 2.45) is 0 Å². The molecule has 0 unspecified atom stereocenters. The molecule has 0 spiro atoms. The van der Waals surface area contributed by atoms with Gasteiger partial charge in [0.2, 0.25) is 15.9 Å². The number of amides is 1. The number of nitrogens with one attached hydrogen (secondary N) is 1. The van der Waals surface area contributed by atoms with E-state index in [0.717, 1.165) is 22.6 Å². The summed E-state index contributed by atoms with van der Waals surface area (Å²) in [5, 5.41) is 12.0. The monoisotopic (exact) mass is 459 g/mol. The molecule has 1 N–H and O–H groups in total. The molecule has 0 saturated heterocycles. The molecule has 0 radical (unpaired) electrons. The van der Waals surface area contributed by atoms with Gasteiger partial charge in [-0.3, -0.25) is 4.79 Å². The Balaban J connectivity index is 1.72. The molecule has 2 aromatic rings. The van der Waals surface area contributed by atoms with E-state index in [1.165, 1.54) is 4.31 Å². The van der Waals surface area contributed by atoms with Gasteiger partial charge in [0.25, 0.3) is 0 Å². The van der Waals surface area contributed by atoms with Crippen molar-refractivity contribution < 1.29 is 13.2 Å². The van der Waals surface area contributed by atoms with Crippen LogP contribution in [0.2, 0.25) is 0 Å². The van der Waals surface area contributed by atoms with Crippen molar-refractivity contribution >= 4 is 27.7 Å². The highest BCUT2D eigenvalue weighted by Gasteiger charge is 2.21. The van der Waals surface area contributed by atoms with Gasteiger partial charge in [-0.1, -0.05) is 44.2 Å². The first-order valence-electron chi connectivity index (χ1n) is 10.3. The van der Waals surface area contributed by atoms with E-state index in [-0.39, 0.29) is 10.8 Å². The molecule has 0 fully saturated rings. The summed E-state index contributed by atoms with van der Waals surface area (Å²) in [5.41, 5.74) is 2.62. The van der Waals surface area contributed by atoms with Crippen LogP contribution < -0.4 is 5.32 Å². The van der Waals surface area contributed by atoms with Gasteiger partial charge >= 0.3 is 0 Å². The number of sulfonamides is 1. The summed E-state index contributed by atoms with van der Waals surface area (Å²) in [6.07, 6.45) is 0.907. The van der Waals surface area contributed by atoms with Crippen LogP contribution in [0.25, 0.3) is 0 Å². The number of hydrogen-bond acceptors (Lipinski definition) is 5. The minimum absolute atomic E-state index is 0.0298. The largest absolute Gasteiger partial charge is 0.355 e. The highest BCUT2D eigenvalue weighted by Crippen LogP contribution is 2.17. The van der Waals surface area contributed by atoms with Gasteiger partial charge < -0.3 is 5.32 Å². The molecule has 166 valence electrons. The fourth-order valence-electron chi connectivity index (χ4n) is 3.09. The maximum Gasteiger partial charge on any atom is 0.243 e. The lowest BCUT2D eigenvalue weighted by molar-refractivity contribution is -0.120. The number of nitrogens with zero attached hydrogens (tertiary/aromatic N) is 2. The smallest absolute Gasteiger partial charge is 0.243 e. The van der Waals surface area contributed by atoms with Crippen LogP contribution in [-0.4, -0.2) is 44.0 Å². The highest BCUT2D eigenvalue weighted by molar-refractivity contribution is 7.98. The van der Waals surface area contributed by atoms with Gasteiger partial charge in [-0.25, -0.2) is 8.42 Å². The first kappa shape index (κ1) is 24.9. The number of carbonyl (C=O) groups is 1. The standard InChI is InChI=1S/C23H29N3O3S2/c1-3-26(4-2)31(28,29)22-12-9-19(10-13-22)11-14-23(27)25-15-16-30-18-21-8-6-5-7-20(21)17-24/h5-10,12-13H,3-4,11,14-16,18H2,1-2H3,(H,25,27). The number of hydrogen-bond donors (Lipinski definition) is 1. The average molecular weight is 460 g/mol. The highest BCUT2D eigenvalue weighted by atomic mass is 32.2. The van der Waals surface area contributed by atoms with Gasteiger partial charge in [0.15, 0.2) is 0 Å². The molecule has 0 atom stereocenters. The number of carbonyl (C=O) groups excluding carboxylic acids is 1. The second-order valence-corrected chi connectivity index (χ2v) is 9.95. The van der Waals surface area contributed by atoms with Crippen LogP contribution >= 0.6 is 11.8 Å². The molecule has 2 aromatic carbocycles. The molecule has 0 aliphatic carbocycles. The molecule has 0 aromatic heterocycles. The second-order valence-electron chi connectivity index (χ2n) is 6.90. The van der Waals surface area contributed by atoms with Gasteiger partial charge in [0.1, 0.15) is 0 Å². The zero-order chi connectivity index (χ0) is 22.7. The maximum atomic E-state index is 12.5. The molecule has 0 bridgehead atoms. The van der Waals surface area contributed by atoms with E-state index in [4.69, 9.17) is 5.26 Å². The van der Waals surface area contributed by atoms with Crippen molar-refractivity contribution in [2.45, 2.75) is 37.3 Å². The van der Waals surface area contributed by atoms with Crippen molar-refractivity contribution in [1.82, 2.24) is 9.62 Å². The van der Waals surface area contributed by atoms with Gasteiger partial charge in [-0.15, -0.1) is 0 Å². The molecule has 6 nitrogen and oxygen atoms in total. The summed E-state index contributed by atoms with van der Waals surface area (Å²) in [6.45, 7) is 5.07. The first-order valence-corrected chi connectivity index (χ1v) is 12.9. The lowest BCUT2D eigenvalue weighted by atomic mass is 10.1. The molecule has 1 amide bonds. The number of rotatable bonds is 12.